The van der Waals surface area contributed by atoms with E-state index in [1.54, 1.807) is 19.1 Å². The molecule has 0 aromatic heterocycles. The zero-order valence-corrected chi connectivity index (χ0v) is 13.0. The average molecular weight is 330 g/mol. The SMILES string of the molecule is CC(NC(=O)[C@@H]1CC[C@H](CN)O1)c1cccc([N+](=O)[O-])c1.Cl. The van der Waals surface area contributed by atoms with Crippen molar-refractivity contribution in [2.45, 2.75) is 38.0 Å². The molecule has 1 aliphatic heterocycles. The van der Waals surface area contributed by atoms with E-state index < -0.39 is 11.0 Å². The van der Waals surface area contributed by atoms with E-state index in [1.807, 2.05) is 0 Å². The summed E-state index contributed by atoms with van der Waals surface area (Å²) in [5.41, 5.74) is 6.21. The van der Waals surface area contributed by atoms with Crippen LogP contribution < -0.4 is 11.1 Å². The smallest absolute Gasteiger partial charge is 0.269 e. The van der Waals surface area contributed by atoms with E-state index in [0.717, 1.165) is 6.42 Å². The van der Waals surface area contributed by atoms with Gasteiger partial charge in [0.05, 0.1) is 17.1 Å². The molecule has 22 heavy (non-hydrogen) atoms. The van der Waals surface area contributed by atoms with E-state index in [-0.39, 0.29) is 36.1 Å². The van der Waals surface area contributed by atoms with Gasteiger partial charge in [-0.15, -0.1) is 12.4 Å². The minimum absolute atomic E-state index is 0. The Labute approximate surface area is 134 Å². The lowest BCUT2D eigenvalue weighted by molar-refractivity contribution is -0.384. The van der Waals surface area contributed by atoms with E-state index in [1.165, 1.54) is 12.1 Å². The molecule has 0 spiro atoms. The molecule has 3 N–H and O–H groups in total. The number of nitro groups is 1. The van der Waals surface area contributed by atoms with Crippen LogP contribution in [0.3, 0.4) is 0 Å². The first kappa shape index (κ1) is 18.3. The molecule has 0 bridgehead atoms. The fourth-order valence-corrected chi connectivity index (χ4v) is 2.37. The summed E-state index contributed by atoms with van der Waals surface area (Å²) < 4.78 is 5.53. The van der Waals surface area contributed by atoms with Crippen molar-refractivity contribution < 1.29 is 14.5 Å². The predicted octanol–water partition coefficient (Wildman–Crippen LogP) is 1.70. The first-order valence-electron chi connectivity index (χ1n) is 6.91. The number of nitro benzene ring substituents is 1. The molecule has 1 aliphatic rings. The zero-order valence-electron chi connectivity index (χ0n) is 12.2. The first-order valence-corrected chi connectivity index (χ1v) is 6.91. The van der Waals surface area contributed by atoms with Crippen LogP contribution in [0.25, 0.3) is 0 Å². The Morgan fingerprint density at radius 3 is 2.86 bits per heavy atom. The van der Waals surface area contributed by atoms with Gasteiger partial charge in [0.15, 0.2) is 0 Å². The van der Waals surface area contributed by atoms with Crippen molar-refractivity contribution in [1.82, 2.24) is 5.32 Å². The molecule has 1 aromatic rings. The molecule has 0 saturated carbocycles. The third kappa shape index (κ3) is 4.40. The summed E-state index contributed by atoms with van der Waals surface area (Å²) in [6, 6.07) is 5.91. The average Bonchev–Trinajstić information content (AvgIpc) is 2.96. The summed E-state index contributed by atoms with van der Waals surface area (Å²) in [6.07, 6.45) is 0.878. The molecular formula is C14H20ClN3O4. The number of benzene rings is 1. The van der Waals surface area contributed by atoms with Crippen LogP contribution in [0.4, 0.5) is 5.69 Å². The van der Waals surface area contributed by atoms with Crippen LogP contribution in [-0.2, 0) is 9.53 Å². The third-order valence-corrected chi connectivity index (χ3v) is 3.60. The second kappa shape index (κ2) is 8.07. The molecule has 1 amide bonds. The van der Waals surface area contributed by atoms with Gasteiger partial charge in [-0.3, -0.25) is 14.9 Å². The van der Waals surface area contributed by atoms with E-state index >= 15 is 0 Å². The number of hydrogen-bond acceptors (Lipinski definition) is 5. The lowest BCUT2D eigenvalue weighted by Crippen LogP contribution is -2.37. The Bertz CT molecular complexity index is 541. The van der Waals surface area contributed by atoms with Crippen LogP contribution in [0.1, 0.15) is 31.4 Å². The molecule has 3 atom stereocenters. The summed E-state index contributed by atoms with van der Waals surface area (Å²) in [4.78, 5) is 22.4. The van der Waals surface area contributed by atoms with Gasteiger partial charge in [-0.05, 0) is 25.3 Å². The molecule has 0 aliphatic carbocycles. The van der Waals surface area contributed by atoms with Crippen LogP contribution >= 0.6 is 12.4 Å². The minimum Gasteiger partial charge on any atom is -0.364 e. The van der Waals surface area contributed by atoms with Crippen LogP contribution in [-0.4, -0.2) is 29.6 Å². The van der Waals surface area contributed by atoms with Crippen molar-refractivity contribution in [2.75, 3.05) is 6.54 Å². The maximum atomic E-state index is 12.1. The number of nitrogens with zero attached hydrogens (tertiary/aromatic N) is 1. The number of hydrogen-bond donors (Lipinski definition) is 2. The van der Waals surface area contributed by atoms with Crippen molar-refractivity contribution in [2.24, 2.45) is 5.73 Å². The Morgan fingerprint density at radius 2 is 2.27 bits per heavy atom. The molecule has 7 nitrogen and oxygen atoms in total. The molecule has 1 unspecified atom stereocenters. The Hall–Kier alpha value is -1.70. The van der Waals surface area contributed by atoms with Crippen molar-refractivity contribution in [3.63, 3.8) is 0 Å². The number of nitrogens with two attached hydrogens (primary N) is 1. The summed E-state index contributed by atoms with van der Waals surface area (Å²) in [7, 11) is 0. The number of carbonyl (C=O) groups excluding carboxylic acids is 1. The van der Waals surface area contributed by atoms with Crippen molar-refractivity contribution >= 4 is 24.0 Å². The molecule has 1 aromatic carbocycles. The monoisotopic (exact) mass is 329 g/mol. The standard InChI is InChI=1S/C14H19N3O4.ClH/c1-9(10-3-2-4-11(7-10)17(19)20)16-14(18)13-6-5-12(8-15)21-13;/h2-4,7,9,12-13H,5-6,8,15H2,1H3,(H,16,18);1H/t9?,12-,13+;/m1./s1. The normalized spacial score (nSPS) is 21.7. The van der Waals surface area contributed by atoms with E-state index in [9.17, 15) is 14.9 Å². The van der Waals surface area contributed by atoms with E-state index in [2.05, 4.69) is 5.32 Å². The highest BCUT2D eigenvalue weighted by Crippen LogP contribution is 2.22. The van der Waals surface area contributed by atoms with Crippen molar-refractivity contribution in [3.8, 4) is 0 Å². The van der Waals surface area contributed by atoms with Crippen molar-refractivity contribution in [3.05, 3.63) is 39.9 Å². The fraction of sp³-hybridized carbons (Fsp3) is 0.500. The number of amides is 1. The summed E-state index contributed by atoms with van der Waals surface area (Å²) >= 11 is 0. The number of non-ortho nitro benzene ring substituents is 1. The lowest BCUT2D eigenvalue weighted by Gasteiger charge is -2.18. The fourth-order valence-electron chi connectivity index (χ4n) is 2.37. The summed E-state index contributed by atoms with van der Waals surface area (Å²) in [6.45, 7) is 2.19. The molecule has 1 fully saturated rings. The minimum atomic E-state index is -0.486. The molecule has 0 radical (unpaired) electrons. The van der Waals surface area contributed by atoms with Crippen molar-refractivity contribution in [1.29, 1.82) is 0 Å². The Morgan fingerprint density at radius 1 is 1.55 bits per heavy atom. The van der Waals surface area contributed by atoms with Gasteiger partial charge >= 0.3 is 0 Å². The predicted molar refractivity (Wildman–Crippen MR) is 83.9 cm³/mol. The number of ether oxygens (including phenoxy) is 1. The molecule has 1 heterocycles. The first-order chi connectivity index (χ1) is 10.0. The van der Waals surface area contributed by atoms with Gasteiger partial charge < -0.3 is 15.8 Å². The lowest BCUT2D eigenvalue weighted by atomic mass is 10.1. The van der Waals surface area contributed by atoms with Crippen LogP contribution in [0, 0.1) is 10.1 Å². The highest BCUT2D eigenvalue weighted by atomic mass is 35.5. The van der Waals surface area contributed by atoms with E-state index in [4.69, 9.17) is 10.5 Å². The zero-order chi connectivity index (χ0) is 15.4. The maximum Gasteiger partial charge on any atom is 0.269 e. The maximum absolute atomic E-state index is 12.1. The molecule has 122 valence electrons. The van der Waals surface area contributed by atoms with Gasteiger partial charge in [0.25, 0.3) is 5.69 Å². The Balaban J connectivity index is 0.00000242. The van der Waals surface area contributed by atoms with E-state index in [0.29, 0.717) is 18.5 Å². The van der Waals surface area contributed by atoms with Gasteiger partial charge in [-0.25, -0.2) is 0 Å². The summed E-state index contributed by atoms with van der Waals surface area (Å²) in [5, 5.41) is 13.6. The highest BCUT2D eigenvalue weighted by Gasteiger charge is 2.30. The Kier molecular flexibility index (Phi) is 6.73. The third-order valence-electron chi connectivity index (χ3n) is 3.60. The van der Waals surface area contributed by atoms with Gasteiger partial charge in [0.1, 0.15) is 6.10 Å². The molecule has 2 rings (SSSR count). The number of nitrogens with one attached hydrogen (secondary N) is 1. The van der Waals surface area contributed by atoms with Gasteiger partial charge in [0, 0.05) is 18.7 Å². The van der Waals surface area contributed by atoms with Gasteiger partial charge in [0.2, 0.25) is 5.91 Å². The van der Waals surface area contributed by atoms with Crippen LogP contribution in [0.15, 0.2) is 24.3 Å². The topological polar surface area (TPSA) is 107 Å². The molecular weight excluding hydrogens is 310 g/mol. The largest absolute Gasteiger partial charge is 0.364 e. The van der Waals surface area contributed by atoms with Gasteiger partial charge in [-0.2, -0.15) is 0 Å². The second-order valence-electron chi connectivity index (χ2n) is 5.14. The number of rotatable bonds is 5. The molecule has 8 heteroatoms. The highest BCUT2D eigenvalue weighted by molar-refractivity contribution is 5.85. The number of halogens is 1. The molecule has 1 saturated heterocycles. The van der Waals surface area contributed by atoms with Crippen LogP contribution in [0.2, 0.25) is 0 Å². The van der Waals surface area contributed by atoms with Gasteiger partial charge in [-0.1, -0.05) is 12.1 Å². The second-order valence-corrected chi connectivity index (χ2v) is 5.14. The van der Waals surface area contributed by atoms with Crippen LogP contribution in [0.5, 0.6) is 0 Å². The quantitative estimate of drug-likeness (QED) is 0.631. The summed E-state index contributed by atoms with van der Waals surface area (Å²) in [5.74, 6) is -0.204. The number of carbonyl (C=O) groups is 1.